The number of hydrogen-bond donors (Lipinski definition) is 0. The molecule has 3 nitrogen and oxygen atoms in total. The van der Waals surface area contributed by atoms with E-state index in [2.05, 4.69) is 20.9 Å². The van der Waals surface area contributed by atoms with E-state index in [1.54, 1.807) is 18.0 Å². The van der Waals surface area contributed by atoms with Gasteiger partial charge >= 0.3 is 0 Å². The van der Waals surface area contributed by atoms with Gasteiger partial charge in [-0.3, -0.25) is 4.98 Å². The van der Waals surface area contributed by atoms with Crippen LogP contribution in [0.15, 0.2) is 22.8 Å². The highest BCUT2D eigenvalue weighted by molar-refractivity contribution is 9.10. The highest BCUT2D eigenvalue weighted by atomic mass is 79.9. The van der Waals surface area contributed by atoms with Gasteiger partial charge < -0.3 is 0 Å². The summed E-state index contributed by atoms with van der Waals surface area (Å²) in [6.45, 7) is 0. The molecule has 0 saturated carbocycles. The Morgan fingerprint density at radius 3 is 2.73 bits per heavy atom. The third-order valence-electron chi connectivity index (χ3n) is 1.64. The van der Waals surface area contributed by atoms with E-state index in [1.807, 2.05) is 12.1 Å². The topological polar surface area (TPSA) is 47.0 Å². The molecule has 1 heterocycles. The van der Waals surface area contributed by atoms with E-state index < -0.39 is 9.84 Å². The van der Waals surface area contributed by atoms with E-state index in [4.69, 9.17) is 0 Å². The molecule has 0 aliphatic heterocycles. The quantitative estimate of drug-likeness (QED) is 0.782. The summed E-state index contributed by atoms with van der Waals surface area (Å²) in [6, 6.07) is 3.86. The molecule has 84 valence electrons. The van der Waals surface area contributed by atoms with Crippen LogP contribution >= 0.6 is 27.7 Å². The van der Waals surface area contributed by atoms with Crippen molar-refractivity contribution in [1.29, 1.82) is 0 Å². The summed E-state index contributed by atoms with van der Waals surface area (Å²) < 4.78 is 22.7. The van der Waals surface area contributed by atoms with Crippen LogP contribution in [0.4, 0.5) is 0 Å². The highest BCUT2D eigenvalue weighted by Crippen LogP contribution is 2.13. The van der Waals surface area contributed by atoms with E-state index in [9.17, 15) is 8.42 Å². The summed E-state index contributed by atoms with van der Waals surface area (Å²) in [5, 5.41) is 0. The zero-order valence-corrected chi connectivity index (χ0v) is 11.5. The van der Waals surface area contributed by atoms with Crippen molar-refractivity contribution < 1.29 is 8.42 Å². The summed E-state index contributed by atoms with van der Waals surface area (Å²) in [5.74, 6) is 1.60. The fraction of sp³-hybridized carbons (Fsp3) is 0.444. The first-order valence-electron chi connectivity index (χ1n) is 4.33. The maximum atomic E-state index is 10.9. The van der Waals surface area contributed by atoms with E-state index in [-0.39, 0.29) is 5.75 Å². The van der Waals surface area contributed by atoms with Crippen molar-refractivity contribution in [3.8, 4) is 0 Å². The highest BCUT2D eigenvalue weighted by Gasteiger charge is 2.02. The Morgan fingerprint density at radius 2 is 2.20 bits per heavy atom. The second-order valence-electron chi connectivity index (χ2n) is 3.15. The molecule has 6 heteroatoms. The number of pyridine rings is 1. The van der Waals surface area contributed by atoms with Crippen LogP contribution in [0.5, 0.6) is 0 Å². The molecule has 0 aliphatic carbocycles. The van der Waals surface area contributed by atoms with Gasteiger partial charge in [-0.25, -0.2) is 8.42 Å². The molecule has 1 aromatic heterocycles. The summed E-state index contributed by atoms with van der Waals surface area (Å²) in [7, 11) is -2.83. The Balaban J connectivity index is 2.29. The van der Waals surface area contributed by atoms with Gasteiger partial charge in [-0.05, 0) is 28.1 Å². The average molecular weight is 310 g/mol. The van der Waals surface area contributed by atoms with Crippen LogP contribution in [0.25, 0.3) is 0 Å². The van der Waals surface area contributed by atoms with E-state index in [1.165, 1.54) is 6.26 Å². The van der Waals surface area contributed by atoms with Crippen LogP contribution < -0.4 is 0 Å². The molecule has 0 unspecified atom stereocenters. The molecule has 0 bridgehead atoms. The first kappa shape index (κ1) is 13.0. The lowest BCUT2D eigenvalue weighted by Gasteiger charge is -2.00. The van der Waals surface area contributed by atoms with Crippen LogP contribution in [0.2, 0.25) is 0 Å². The summed E-state index contributed by atoms with van der Waals surface area (Å²) in [6.07, 6.45) is 3.00. The Morgan fingerprint density at radius 1 is 1.47 bits per heavy atom. The molecule has 0 aliphatic rings. The number of rotatable bonds is 5. The maximum absolute atomic E-state index is 10.9. The lowest BCUT2D eigenvalue weighted by Crippen LogP contribution is -2.05. The number of sulfone groups is 1. The molecular formula is C9H12BrNO2S2. The molecular weight excluding hydrogens is 298 g/mol. The fourth-order valence-electron chi connectivity index (χ4n) is 0.879. The van der Waals surface area contributed by atoms with Gasteiger partial charge in [-0.1, -0.05) is 0 Å². The number of hydrogen-bond acceptors (Lipinski definition) is 4. The van der Waals surface area contributed by atoms with Crippen molar-refractivity contribution >= 4 is 37.5 Å². The van der Waals surface area contributed by atoms with Gasteiger partial charge in [0.15, 0.2) is 0 Å². The minimum atomic E-state index is -2.83. The fourth-order valence-corrected chi connectivity index (χ4v) is 3.32. The van der Waals surface area contributed by atoms with E-state index in [0.717, 1.165) is 15.9 Å². The van der Waals surface area contributed by atoms with Crippen molar-refractivity contribution in [2.24, 2.45) is 0 Å². The molecule has 0 atom stereocenters. The van der Waals surface area contributed by atoms with Gasteiger partial charge in [-0.2, -0.15) is 11.8 Å². The van der Waals surface area contributed by atoms with Crippen LogP contribution in [0.3, 0.4) is 0 Å². The summed E-state index contributed by atoms with van der Waals surface area (Å²) >= 11 is 4.89. The molecule has 0 radical (unpaired) electrons. The molecule has 0 N–H and O–H groups in total. The normalized spacial score (nSPS) is 11.6. The molecule has 1 aromatic rings. The predicted molar refractivity (Wildman–Crippen MR) is 67.8 cm³/mol. The van der Waals surface area contributed by atoms with Crippen LogP contribution in [-0.2, 0) is 15.6 Å². The molecule has 0 amide bonds. The first-order valence-corrected chi connectivity index (χ1v) is 8.34. The van der Waals surface area contributed by atoms with Crippen molar-refractivity contribution in [3.63, 3.8) is 0 Å². The first-order chi connectivity index (χ1) is 6.97. The van der Waals surface area contributed by atoms with Crippen LogP contribution in [-0.4, -0.2) is 31.2 Å². The smallest absolute Gasteiger partial charge is 0.148 e. The van der Waals surface area contributed by atoms with Crippen molar-refractivity contribution in [2.75, 3.05) is 17.8 Å². The predicted octanol–water partition coefficient (Wildman–Crippen LogP) is 2.12. The van der Waals surface area contributed by atoms with Gasteiger partial charge in [0.05, 0.1) is 11.4 Å². The molecule has 15 heavy (non-hydrogen) atoms. The van der Waals surface area contributed by atoms with Gasteiger partial charge in [0.2, 0.25) is 0 Å². The number of nitrogens with zero attached hydrogens (tertiary/aromatic N) is 1. The Kier molecular flexibility index (Phi) is 5.08. The third-order valence-corrected chi connectivity index (χ3v) is 4.30. The second kappa shape index (κ2) is 5.86. The standard InChI is InChI=1S/C9H12BrNO2S2/c1-15(12,13)5-4-14-7-9-3-2-8(10)6-11-9/h2-3,6H,4-5,7H2,1H3. The lowest BCUT2D eigenvalue weighted by atomic mass is 10.4. The number of halogens is 1. The molecule has 0 saturated heterocycles. The second-order valence-corrected chi connectivity index (χ2v) is 7.43. The minimum absolute atomic E-state index is 0.230. The van der Waals surface area contributed by atoms with Crippen LogP contribution in [0, 0.1) is 0 Å². The van der Waals surface area contributed by atoms with Gasteiger partial charge in [0, 0.05) is 28.4 Å². The monoisotopic (exact) mass is 309 g/mol. The van der Waals surface area contributed by atoms with Gasteiger partial charge in [-0.15, -0.1) is 0 Å². The Labute approximate surface area is 103 Å². The molecule has 0 fully saturated rings. The maximum Gasteiger partial charge on any atom is 0.148 e. The molecule has 0 spiro atoms. The van der Waals surface area contributed by atoms with E-state index >= 15 is 0 Å². The minimum Gasteiger partial charge on any atom is -0.259 e. The Hall–Kier alpha value is -0.0700. The van der Waals surface area contributed by atoms with Gasteiger partial charge in [0.1, 0.15) is 9.84 Å². The SMILES string of the molecule is CS(=O)(=O)CCSCc1ccc(Br)cn1. The number of aromatic nitrogens is 1. The third kappa shape index (κ3) is 6.17. The Bertz CT molecular complexity index is 403. The lowest BCUT2D eigenvalue weighted by molar-refractivity contribution is 0.603. The molecule has 0 aromatic carbocycles. The summed E-state index contributed by atoms with van der Waals surface area (Å²) in [4.78, 5) is 4.20. The zero-order chi connectivity index (χ0) is 11.3. The zero-order valence-electron chi connectivity index (χ0n) is 8.31. The van der Waals surface area contributed by atoms with Gasteiger partial charge in [0.25, 0.3) is 0 Å². The van der Waals surface area contributed by atoms with Crippen molar-refractivity contribution in [2.45, 2.75) is 5.75 Å². The van der Waals surface area contributed by atoms with Crippen molar-refractivity contribution in [3.05, 3.63) is 28.5 Å². The number of thioether (sulfide) groups is 1. The van der Waals surface area contributed by atoms with E-state index in [0.29, 0.717) is 5.75 Å². The van der Waals surface area contributed by atoms with Crippen LogP contribution in [0.1, 0.15) is 5.69 Å². The average Bonchev–Trinajstić information content (AvgIpc) is 2.14. The summed E-state index contributed by atoms with van der Waals surface area (Å²) in [5.41, 5.74) is 0.969. The van der Waals surface area contributed by atoms with Crippen molar-refractivity contribution in [1.82, 2.24) is 4.98 Å². The largest absolute Gasteiger partial charge is 0.259 e. The molecule has 1 rings (SSSR count).